The smallest absolute Gasteiger partial charge is 0.393 e. The van der Waals surface area contributed by atoms with Gasteiger partial charge in [-0.25, -0.2) is 0 Å². The summed E-state index contributed by atoms with van der Waals surface area (Å²) < 4.78 is 37.7. The molecule has 1 aliphatic heterocycles. The number of nitrogens with zero attached hydrogens (tertiary/aromatic N) is 1. The first-order chi connectivity index (χ1) is 7.40. The van der Waals surface area contributed by atoms with Gasteiger partial charge in [-0.05, 0) is 7.05 Å². The second-order valence-corrected chi connectivity index (χ2v) is 3.92. The lowest BCUT2D eigenvalue weighted by Gasteiger charge is -2.19. The van der Waals surface area contributed by atoms with Crippen molar-refractivity contribution in [1.82, 2.24) is 10.2 Å². The number of carbonyl (C=O) groups excluding carboxylic acids is 1. The summed E-state index contributed by atoms with van der Waals surface area (Å²) in [5.74, 6) is -2.88. The van der Waals surface area contributed by atoms with Crippen LogP contribution in [0.3, 0.4) is 0 Å². The Morgan fingerprint density at radius 1 is 1.50 bits per heavy atom. The highest BCUT2D eigenvalue weighted by Gasteiger charge is 2.50. The summed E-state index contributed by atoms with van der Waals surface area (Å²) in [6.45, 7) is -0.910. The van der Waals surface area contributed by atoms with Gasteiger partial charge in [-0.1, -0.05) is 0 Å². The minimum absolute atomic E-state index is 0.0166. The van der Waals surface area contributed by atoms with Gasteiger partial charge in [-0.3, -0.25) is 4.79 Å². The number of nitrogens with one attached hydrogen (secondary N) is 1. The van der Waals surface area contributed by atoms with Crippen LogP contribution in [0.15, 0.2) is 0 Å². The Balaban J connectivity index is 2.67. The fourth-order valence-corrected chi connectivity index (χ4v) is 1.89. The van der Waals surface area contributed by atoms with E-state index in [1.165, 1.54) is 0 Å². The molecule has 94 valence electrons. The molecule has 4 nitrogen and oxygen atoms in total. The van der Waals surface area contributed by atoms with E-state index in [1.807, 2.05) is 0 Å². The van der Waals surface area contributed by atoms with Gasteiger partial charge in [0.15, 0.2) is 0 Å². The molecule has 0 aromatic rings. The number of amides is 1. The van der Waals surface area contributed by atoms with Crippen molar-refractivity contribution in [2.45, 2.75) is 6.18 Å². The Kier molecular flexibility index (Phi) is 4.15. The molecule has 0 aliphatic carbocycles. The van der Waals surface area contributed by atoms with E-state index in [-0.39, 0.29) is 25.5 Å². The highest BCUT2D eigenvalue weighted by molar-refractivity contribution is 5.78. The minimum Gasteiger partial charge on any atom is -0.396 e. The van der Waals surface area contributed by atoms with Gasteiger partial charge < -0.3 is 15.3 Å². The largest absolute Gasteiger partial charge is 0.396 e. The van der Waals surface area contributed by atoms with Crippen LogP contribution in [0.2, 0.25) is 0 Å². The summed E-state index contributed by atoms with van der Waals surface area (Å²) in [4.78, 5) is 12.5. The number of hydrogen-bond donors (Lipinski definition) is 2. The van der Waals surface area contributed by atoms with E-state index in [2.05, 4.69) is 5.32 Å². The first kappa shape index (κ1) is 13.2. The van der Waals surface area contributed by atoms with Gasteiger partial charge in [0.2, 0.25) is 5.91 Å². The minimum atomic E-state index is -4.36. The monoisotopic (exact) mass is 240 g/mol. The van der Waals surface area contributed by atoms with Crippen molar-refractivity contribution < 1.29 is 23.1 Å². The molecular formula is C9H15F3N2O2. The Bertz CT molecular complexity index is 258. The van der Waals surface area contributed by atoms with Crippen molar-refractivity contribution in [3.8, 4) is 0 Å². The van der Waals surface area contributed by atoms with E-state index >= 15 is 0 Å². The second-order valence-electron chi connectivity index (χ2n) is 3.92. The number of rotatable bonds is 3. The van der Waals surface area contributed by atoms with Crippen molar-refractivity contribution in [3.05, 3.63) is 0 Å². The summed E-state index contributed by atoms with van der Waals surface area (Å²) in [5, 5.41) is 11.5. The quantitative estimate of drug-likeness (QED) is 0.720. The van der Waals surface area contributed by atoms with Crippen LogP contribution in [0, 0.1) is 11.8 Å². The normalized spacial score (nSPS) is 26.2. The zero-order chi connectivity index (χ0) is 12.3. The molecule has 0 aromatic carbocycles. The number of carbonyl (C=O) groups is 1. The van der Waals surface area contributed by atoms with Gasteiger partial charge in [-0.2, -0.15) is 13.2 Å². The molecule has 0 bridgehead atoms. The molecule has 0 aromatic heterocycles. The van der Waals surface area contributed by atoms with Crippen LogP contribution < -0.4 is 5.32 Å². The maximum Gasteiger partial charge on any atom is 0.393 e. The van der Waals surface area contributed by atoms with E-state index in [4.69, 9.17) is 5.11 Å². The van der Waals surface area contributed by atoms with E-state index < -0.39 is 24.6 Å². The highest BCUT2D eigenvalue weighted by atomic mass is 19.4. The molecule has 7 heteroatoms. The van der Waals surface area contributed by atoms with Crippen LogP contribution in [0.1, 0.15) is 0 Å². The number of likely N-dealkylation sites (N-methyl/N-ethyl adjacent to an activating group) is 1. The maximum absolute atomic E-state index is 12.6. The standard InChI is InChI=1S/C9H15F3N2O2/c1-13-2-8(16)14-3-6(5-15)7(4-14)9(10,11)12/h6-7,13,15H,2-5H2,1H3/t6-,7-/m0/s1. The van der Waals surface area contributed by atoms with Gasteiger partial charge >= 0.3 is 6.18 Å². The van der Waals surface area contributed by atoms with Crippen LogP contribution in [0.4, 0.5) is 13.2 Å². The Labute approximate surface area is 91.4 Å². The van der Waals surface area contributed by atoms with Gasteiger partial charge in [0.05, 0.1) is 12.5 Å². The van der Waals surface area contributed by atoms with Crippen molar-refractivity contribution in [1.29, 1.82) is 0 Å². The van der Waals surface area contributed by atoms with Crippen LogP contribution in [-0.2, 0) is 4.79 Å². The molecule has 2 atom stereocenters. The first-order valence-electron chi connectivity index (χ1n) is 5.00. The summed E-state index contributed by atoms with van der Waals surface area (Å²) in [6, 6.07) is 0. The van der Waals surface area contributed by atoms with Gasteiger partial charge in [0.1, 0.15) is 0 Å². The molecule has 1 fully saturated rings. The van der Waals surface area contributed by atoms with E-state index in [9.17, 15) is 18.0 Å². The average molecular weight is 240 g/mol. The van der Waals surface area contributed by atoms with Crippen LogP contribution in [-0.4, -0.2) is 55.4 Å². The topological polar surface area (TPSA) is 52.6 Å². The number of alkyl halides is 3. The molecule has 2 N–H and O–H groups in total. The van der Waals surface area contributed by atoms with Crippen LogP contribution >= 0.6 is 0 Å². The first-order valence-corrected chi connectivity index (χ1v) is 5.00. The molecule has 0 radical (unpaired) electrons. The lowest BCUT2D eigenvalue weighted by atomic mass is 9.97. The molecule has 1 saturated heterocycles. The van der Waals surface area contributed by atoms with E-state index in [0.29, 0.717) is 0 Å². The number of aliphatic hydroxyl groups is 1. The molecule has 1 amide bonds. The van der Waals surface area contributed by atoms with Crippen molar-refractivity contribution in [2.24, 2.45) is 11.8 Å². The van der Waals surface area contributed by atoms with Crippen LogP contribution in [0.5, 0.6) is 0 Å². The molecule has 0 spiro atoms. The molecule has 1 rings (SSSR count). The summed E-state index contributed by atoms with van der Waals surface area (Å²) in [6.07, 6.45) is -4.36. The number of hydrogen-bond acceptors (Lipinski definition) is 3. The third kappa shape index (κ3) is 2.85. The lowest BCUT2D eigenvalue weighted by molar-refractivity contribution is -0.183. The van der Waals surface area contributed by atoms with Gasteiger partial charge in [0, 0.05) is 25.6 Å². The van der Waals surface area contributed by atoms with Gasteiger partial charge in [0.25, 0.3) is 0 Å². The molecule has 1 heterocycles. The second kappa shape index (κ2) is 5.01. The van der Waals surface area contributed by atoms with Crippen molar-refractivity contribution in [3.63, 3.8) is 0 Å². The number of likely N-dealkylation sites (tertiary alicyclic amines) is 1. The van der Waals surface area contributed by atoms with Crippen molar-refractivity contribution >= 4 is 5.91 Å². The molecular weight excluding hydrogens is 225 g/mol. The Morgan fingerprint density at radius 2 is 2.12 bits per heavy atom. The third-order valence-corrected chi connectivity index (χ3v) is 2.78. The number of aliphatic hydroxyl groups excluding tert-OH is 1. The predicted octanol–water partition coefficient (Wildman–Crippen LogP) is -0.165. The summed E-state index contributed by atoms with van der Waals surface area (Å²) in [5.41, 5.74) is 0. The molecule has 0 unspecified atom stereocenters. The third-order valence-electron chi connectivity index (χ3n) is 2.78. The zero-order valence-corrected chi connectivity index (χ0v) is 8.92. The lowest BCUT2D eigenvalue weighted by Crippen LogP contribution is -2.36. The van der Waals surface area contributed by atoms with E-state index in [1.54, 1.807) is 7.05 Å². The van der Waals surface area contributed by atoms with E-state index in [0.717, 1.165) is 4.90 Å². The highest BCUT2D eigenvalue weighted by Crippen LogP contribution is 2.37. The summed E-state index contributed by atoms with van der Waals surface area (Å²) in [7, 11) is 1.55. The Morgan fingerprint density at radius 3 is 2.50 bits per heavy atom. The molecule has 1 aliphatic rings. The Hall–Kier alpha value is -0.820. The summed E-state index contributed by atoms with van der Waals surface area (Å²) >= 11 is 0. The number of halogens is 3. The molecule has 0 saturated carbocycles. The predicted molar refractivity (Wildman–Crippen MR) is 50.6 cm³/mol. The fraction of sp³-hybridized carbons (Fsp3) is 0.889. The average Bonchev–Trinajstić information content (AvgIpc) is 2.61. The molecule has 16 heavy (non-hydrogen) atoms. The SMILES string of the molecule is CNCC(=O)N1C[C@@H](CO)[C@@H](C(F)(F)F)C1. The van der Waals surface area contributed by atoms with Crippen LogP contribution in [0.25, 0.3) is 0 Å². The zero-order valence-electron chi connectivity index (χ0n) is 8.92. The van der Waals surface area contributed by atoms with Crippen molar-refractivity contribution in [2.75, 3.05) is 33.3 Å². The fourth-order valence-electron chi connectivity index (χ4n) is 1.89. The van der Waals surface area contributed by atoms with Gasteiger partial charge in [-0.15, -0.1) is 0 Å². The maximum atomic E-state index is 12.6.